The molecule has 4 nitrogen and oxygen atoms in total. The first-order valence-corrected chi connectivity index (χ1v) is 4.34. The zero-order chi connectivity index (χ0) is 10.4. The summed E-state index contributed by atoms with van der Waals surface area (Å²) in [5.74, 6) is -1.06. The summed E-state index contributed by atoms with van der Waals surface area (Å²) in [6.07, 6.45) is 3.62. The molecule has 0 heterocycles. The molecular weight excluding hydrogens is 191 g/mol. The number of alkyl halides is 1. The molecule has 0 unspecified atom stereocenters. The van der Waals surface area contributed by atoms with Gasteiger partial charge >= 0.3 is 11.9 Å². The van der Waals surface area contributed by atoms with Crippen LogP contribution in [0.5, 0.6) is 0 Å². The Morgan fingerprint density at radius 2 is 2.14 bits per heavy atom. The van der Waals surface area contributed by atoms with Gasteiger partial charge in [0.25, 0.3) is 0 Å². The summed E-state index contributed by atoms with van der Waals surface area (Å²) in [5, 5.41) is 0. The molecule has 1 rings (SSSR count). The SMILES string of the molecule is O=C(/C=C\OC(=O)C1CC1)OCCF. The van der Waals surface area contributed by atoms with Gasteiger partial charge in [-0.15, -0.1) is 0 Å². The van der Waals surface area contributed by atoms with E-state index in [0.717, 1.165) is 25.2 Å². The van der Waals surface area contributed by atoms with E-state index in [2.05, 4.69) is 9.47 Å². The van der Waals surface area contributed by atoms with E-state index in [1.807, 2.05) is 0 Å². The highest BCUT2D eigenvalue weighted by atomic mass is 19.1. The van der Waals surface area contributed by atoms with Crippen LogP contribution < -0.4 is 0 Å². The van der Waals surface area contributed by atoms with Gasteiger partial charge in [0.1, 0.15) is 19.5 Å². The van der Waals surface area contributed by atoms with Crippen molar-refractivity contribution in [3.63, 3.8) is 0 Å². The van der Waals surface area contributed by atoms with Crippen molar-refractivity contribution >= 4 is 11.9 Å². The topological polar surface area (TPSA) is 52.6 Å². The van der Waals surface area contributed by atoms with E-state index in [0.29, 0.717) is 0 Å². The highest BCUT2D eigenvalue weighted by molar-refractivity contribution is 5.82. The lowest BCUT2D eigenvalue weighted by molar-refractivity contribution is -0.140. The average Bonchev–Trinajstić information content (AvgIpc) is 2.97. The highest BCUT2D eigenvalue weighted by Gasteiger charge is 2.30. The van der Waals surface area contributed by atoms with E-state index in [9.17, 15) is 14.0 Å². The maximum Gasteiger partial charge on any atom is 0.333 e. The van der Waals surface area contributed by atoms with Gasteiger partial charge in [-0.2, -0.15) is 0 Å². The summed E-state index contributed by atoms with van der Waals surface area (Å²) < 4.78 is 20.5. The molecule has 0 N–H and O–H groups in total. The Hall–Kier alpha value is -1.39. The molecule has 0 saturated heterocycles. The van der Waals surface area contributed by atoms with Gasteiger partial charge in [-0.05, 0) is 12.8 Å². The van der Waals surface area contributed by atoms with Gasteiger partial charge in [-0.3, -0.25) is 4.79 Å². The third-order valence-corrected chi connectivity index (χ3v) is 1.62. The largest absolute Gasteiger partial charge is 0.460 e. The molecular formula is C9H11FO4. The van der Waals surface area contributed by atoms with E-state index in [-0.39, 0.29) is 18.5 Å². The van der Waals surface area contributed by atoms with Gasteiger partial charge in [0, 0.05) is 0 Å². The first kappa shape index (κ1) is 10.7. The van der Waals surface area contributed by atoms with Crippen LogP contribution in [0.25, 0.3) is 0 Å². The molecule has 0 aromatic rings. The molecule has 0 aromatic carbocycles. The Balaban J connectivity index is 2.12. The number of rotatable bonds is 5. The molecule has 0 aromatic heterocycles. The number of esters is 2. The Bertz CT molecular complexity index is 245. The maximum absolute atomic E-state index is 11.5. The maximum atomic E-state index is 11.5. The molecule has 5 heteroatoms. The number of carbonyl (C=O) groups excluding carboxylic acids is 2. The number of carbonyl (C=O) groups is 2. The van der Waals surface area contributed by atoms with Crippen molar-refractivity contribution in [2.75, 3.05) is 13.3 Å². The molecule has 0 atom stereocenters. The molecule has 78 valence electrons. The lowest BCUT2D eigenvalue weighted by Gasteiger charge is -1.97. The summed E-state index contributed by atoms with van der Waals surface area (Å²) in [6, 6.07) is 0. The van der Waals surface area contributed by atoms with Gasteiger partial charge in [0.2, 0.25) is 0 Å². The summed E-state index contributed by atoms with van der Waals surface area (Å²) in [5.41, 5.74) is 0. The Kier molecular flexibility index (Phi) is 4.10. The Labute approximate surface area is 80.7 Å². The predicted octanol–water partition coefficient (Wildman–Crippen LogP) is 0.966. The van der Waals surface area contributed by atoms with E-state index in [4.69, 9.17) is 0 Å². The third kappa shape index (κ3) is 4.02. The quantitative estimate of drug-likeness (QED) is 0.378. The fraction of sp³-hybridized carbons (Fsp3) is 0.556. The first-order valence-electron chi connectivity index (χ1n) is 4.34. The monoisotopic (exact) mass is 202 g/mol. The van der Waals surface area contributed by atoms with Gasteiger partial charge in [-0.1, -0.05) is 0 Å². The second-order valence-electron chi connectivity index (χ2n) is 2.87. The lowest BCUT2D eigenvalue weighted by atomic mass is 10.4. The zero-order valence-corrected chi connectivity index (χ0v) is 7.57. The first-order chi connectivity index (χ1) is 6.74. The lowest BCUT2D eigenvalue weighted by Crippen LogP contribution is -2.05. The van der Waals surface area contributed by atoms with Crippen molar-refractivity contribution in [1.29, 1.82) is 0 Å². The van der Waals surface area contributed by atoms with Crippen molar-refractivity contribution < 1.29 is 23.5 Å². The molecule has 0 amide bonds. The molecule has 14 heavy (non-hydrogen) atoms. The van der Waals surface area contributed by atoms with E-state index in [1.165, 1.54) is 0 Å². The van der Waals surface area contributed by atoms with Crippen LogP contribution in [0, 0.1) is 5.92 Å². The van der Waals surface area contributed by atoms with Gasteiger partial charge in [0.15, 0.2) is 0 Å². The smallest absolute Gasteiger partial charge is 0.333 e. The van der Waals surface area contributed by atoms with Crippen molar-refractivity contribution in [1.82, 2.24) is 0 Å². The summed E-state index contributed by atoms with van der Waals surface area (Å²) in [6.45, 7) is -0.999. The summed E-state index contributed by atoms with van der Waals surface area (Å²) in [4.78, 5) is 21.6. The molecule has 1 aliphatic rings. The van der Waals surface area contributed by atoms with Crippen LogP contribution in [-0.2, 0) is 19.1 Å². The zero-order valence-electron chi connectivity index (χ0n) is 7.57. The van der Waals surface area contributed by atoms with E-state index < -0.39 is 12.6 Å². The van der Waals surface area contributed by atoms with Crippen LogP contribution in [0.1, 0.15) is 12.8 Å². The van der Waals surface area contributed by atoms with Gasteiger partial charge in [0.05, 0.1) is 12.0 Å². The highest BCUT2D eigenvalue weighted by Crippen LogP contribution is 2.29. The molecule has 0 bridgehead atoms. The summed E-state index contributed by atoms with van der Waals surface area (Å²) in [7, 11) is 0. The minimum atomic E-state index is -0.721. The molecule has 1 saturated carbocycles. The Morgan fingerprint density at radius 3 is 2.71 bits per heavy atom. The van der Waals surface area contributed by atoms with Crippen LogP contribution in [-0.4, -0.2) is 25.2 Å². The minimum absolute atomic E-state index is 0.0125. The minimum Gasteiger partial charge on any atom is -0.460 e. The number of halogens is 1. The number of hydrogen-bond acceptors (Lipinski definition) is 4. The van der Waals surface area contributed by atoms with Crippen molar-refractivity contribution in [3.05, 3.63) is 12.3 Å². The van der Waals surface area contributed by atoms with Crippen LogP contribution in [0.4, 0.5) is 4.39 Å². The van der Waals surface area contributed by atoms with Crippen LogP contribution in [0.15, 0.2) is 12.3 Å². The summed E-state index contributed by atoms with van der Waals surface area (Å²) >= 11 is 0. The van der Waals surface area contributed by atoms with Crippen molar-refractivity contribution in [3.8, 4) is 0 Å². The van der Waals surface area contributed by atoms with Crippen molar-refractivity contribution in [2.24, 2.45) is 5.92 Å². The molecule has 0 radical (unpaired) electrons. The van der Waals surface area contributed by atoms with Crippen LogP contribution in [0.2, 0.25) is 0 Å². The average molecular weight is 202 g/mol. The van der Waals surface area contributed by atoms with Crippen LogP contribution >= 0.6 is 0 Å². The molecule has 1 aliphatic carbocycles. The third-order valence-electron chi connectivity index (χ3n) is 1.62. The molecule has 0 spiro atoms. The standard InChI is InChI=1S/C9H11FO4/c10-4-6-13-8(11)3-5-14-9(12)7-1-2-7/h3,5,7H,1-2,4,6H2/b5-3-. The molecule has 1 fully saturated rings. The number of ether oxygens (including phenoxy) is 2. The number of hydrogen-bond donors (Lipinski definition) is 0. The second kappa shape index (κ2) is 5.36. The van der Waals surface area contributed by atoms with E-state index >= 15 is 0 Å². The van der Waals surface area contributed by atoms with Gasteiger partial charge in [-0.25, -0.2) is 9.18 Å². The Morgan fingerprint density at radius 1 is 1.43 bits per heavy atom. The van der Waals surface area contributed by atoms with E-state index in [1.54, 1.807) is 0 Å². The van der Waals surface area contributed by atoms with Gasteiger partial charge < -0.3 is 9.47 Å². The second-order valence-corrected chi connectivity index (χ2v) is 2.87. The fourth-order valence-electron chi connectivity index (χ4n) is 0.759. The fourth-order valence-corrected chi connectivity index (χ4v) is 0.759. The normalized spacial score (nSPS) is 15.5. The van der Waals surface area contributed by atoms with Crippen LogP contribution in [0.3, 0.4) is 0 Å². The van der Waals surface area contributed by atoms with Crippen molar-refractivity contribution in [2.45, 2.75) is 12.8 Å². The molecule has 0 aliphatic heterocycles. The predicted molar refractivity (Wildman–Crippen MR) is 44.9 cm³/mol.